The third-order valence-electron chi connectivity index (χ3n) is 4.92. The van der Waals surface area contributed by atoms with E-state index in [1.807, 2.05) is 6.92 Å². The van der Waals surface area contributed by atoms with Crippen LogP contribution in [0.3, 0.4) is 0 Å². The van der Waals surface area contributed by atoms with Crippen molar-refractivity contribution in [1.29, 1.82) is 0 Å². The molecular weight excluding hydrogens is 430 g/mol. The van der Waals surface area contributed by atoms with E-state index in [1.54, 1.807) is 60.7 Å². The second-order valence-electron chi connectivity index (χ2n) is 7.40. The van der Waals surface area contributed by atoms with Gasteiger partial charge in [0.2, 0.25) is 0 Å². The molecular formula is C24H23NO6S. The third kappa shape index (κ3) is 5.60. The van der Waals surface area contributed by atoms with Crippen LogP contribution in [-0.4, -0.2) is 37.5 Å². The Kier molecular flexibility index (Phi) is 7.07. The van der Waals surface area contributed by atoms with Gasteiger partial charge in [-0.25, -0.2) is 4.79 Å². The Bertz CT molecular complexity index is 1180. The molecule has 166 valence electrons. The van der Waals surface area contributed by atoms with Crippen molar-refractivity contribution in [2.45, 2.75) is 23.8 Å². The first-order valence-corrected chi connectivity index (χ1v) is 11.2. The summed E-state index contributed by atoms with van der Waals surface area (Å²) < 4.78 is 30.6. The molecule has 0 aliphatic rings. The normalized spacial score (nSPS) is 13.2. The molecule has 0 unspecified atom stereocenters. The molecule has 8 heteroatoms. The Morgan fingerprint density at radius 2 is 1.47 bits per heavy atom. The van der Waals surface area contributed by atoms with Gasteiger partial charge in [-0.1, -0.05) is 66.2 Å². The van der Waals surface area contributed by atoms with Gasteiger partial charge < -0.3 is 10.4 Å². The number of hydrogen-bond acceptors (Lipinski definition) is 5. The number of carboxylic acid groups (broad SMARTS) is 1. The van der Waals surface area contributed by atoms with Crippen molar-refractivity contribution < 1.29 is 27.3 Å². The number of carboxylic acids is 1. The zero-order valence-corrected chi connectivity index (χ0v) is 18.2. The van der Waals surface area contributed by atoms with E-state index in [0.29, 0.717) is 5.56 Å². The molecule has 0 spiro atoms. The molecule has 0 heterocycles. The van der Waals surface area contributed by atoms with Crippen molar-refractivity contribution in [2.75, 3.05) is 6.61 Å². The maximum Gasteiger partial charge on any atom is 0.332 e. The van der Waals surface area contributed by atoms with Crippen molar-refractivity contribution in [1.82, 2.24) is 5.32 Å². The van der Waals surface area contributed by atoms with Crippen molar-refractivity contribution in [3.8, 4) is 0 Å². The van der Waals surface area contributed by atoms with Crippen LogP contribution >= 0.6 is 0 Å². The minimum atomic E-state index is -4.25. The first-order valence-electron chi connectivity index (χ1n) is 9.83. The highest BCUT2D eigenvalue weighted by Crippen LogP contribution is 2.21. The lowest BCUT2D eigenvalue weighted by Gasteiger charge is -2.30. The number of aryl methyl sites for hydroxylation is 1. The van der Waals surface area contributed by atoms with Crippen LogP contribution in [0.2, 0.25) is 0 Å². The summed E-state index contributed by atoms with van der Waals surface area (Å²) in [6.45, 7) is 1.03. The van der Waals surface area contributed by atoms with Crippen LogP contribution in [0.1, 0.15) is 21.5 Å². The lowest BCUT2D eigenvalue weighted by atomic mass is 9.91. The average molecular weight is 454 g/mol. The molecule has 2 N–H and O–H groups in total. The Labute approximate surface area is 186 Å². The van der Waals surface area contributed by atoms with Gasteiger partial charge >= 0.3 is 5.97 Å². The van der Waals surface area contributed by atoms with E-state index >= 15 is 0 Å². The quantitative estimate of drug-likeness (QED) is 0.482. The first-order chi connectivity index (χ1) is 15.2. The molecule has 1 atom stereocenters. The molecule has 1 amide bonds. The predicted molar refractivity (Wildman–Crippen MR) is 119 cm³/mol. The fraction of sp³-hybridized carbons (Fsp3) is 0.167. The number of carbonyl (C=O) groups excluding carboxylic acids is 1. The van der Waals surface area contributed by atoms with Crippen molar-refractivity contribution in [2.24, 2.45) is 0 Å². The largest absolute Gasteiger partial charge is 0.479 e. The highest BCUT2D eigenvalue weighted by Gasteiger charge is 2.42. The van der Waals surface area contributed by atoms with Gasteiger partial charge in [-0.3, -0.25) is 8.98 Å². The zero-order valence-electron chi connectivity index (χ0n) is 17.4. The van der Waals surface area contributed by atoms with Crippen LogP contribution in [0.5, 0.6) is 0 Å². The second kappa shape index (κ2) is 9.76. The number of hydrogen-bond donors (Lipinski definition) is 2. The van der Waals surface area contributed by atoms with E-state index in [1.165, 1.54) is 24.3 Å². The molecule has 0 aliphatic carbocycles. The van der Waals surface area contributed by atoms with Crippen LogP contribution in [0, 0.1) is 6.92 Å². The highest BCUT2D eigenvalue weighted by molar-refractivity contribution is 7.86. The molecule has 0 fully saturated rings. The molecule has 3 aromatic carbocycles. The Morgan fingerprint density at radius 1 is 0.906 bits per heavy atom. The van der Waals surface area contributed by atoms with Gasteiger partial charge in [-0.15, -0.1) is 0 Å². The molecule has 0 aromatic heterocycles. The molecule has 3 rings (SSSR count). The van der Waals surface area contributed by atoms with Gasteiger partial charge in [0.1, 0.15) is 6.61 Å². The average Bonchev–Trinajstić information content (AvgIpc) is 2.79. The number of amides is 1. The Hall–Kier alpha value is -3.49. The fourth-order valence-corrected chi connectivity index (χ4v) is 4.06. The van der Waals surface area contributed by atoms with Gasteiger partial charge in [0.15, 0.2) is 5.54 Å². The van der Waals surface area contributed by atoms with Gasteiger partial charge in [0.05, 0.1) is 4.90 Å². The van der Waals surface area contributed by atoms with Crippen molar-refractivity contribution in [3.63, 3.8) is 0 Å². The maximum absolute atomic E-state index is 12.8. The number of aliphatic carboxylic acids is 1. The minimum Gasteiger partial charge on any atom is -0.479 e. The van der Waals surface area contributed by atoms with E-state index in [2.05, 4.69) is 5.32 Å². The molecule has 0 aliphatic heterocycles. The fourth-order valence-electron chi connectivity index (χ4n) is 3.10. The standard InChI is InChI=1S/C24H23NO6S/c1-18-12-14-21(15-13-18)32(29,30)31-17-24(23(27)28,16-19-8-4-2-5-9-19)25-22(26)20-10-6-3-7-11-20/h2-15H,16-17H2,1H3,(H,25,26)(H,27,28)/t24-/m1/s1. The molecule has 0 saturated heterocycles. The summed E-state index contributed by atoms with van der Waals surface area (Å²) in [7, 11) is -4.25. The summed E-state index contributed by atoms with van der Waals surface area (Å²) >= 11 is 0. The van der Waals surface area contributed by atoms with Crippen molar-refractivity contribution in [3.05, 3.63) is 102 Å². The smallest absolute Gasteiger partial charge is 0.332 e. The van der Waals surface area contributed by atoms with Crippen LogP contribution in [-0.2, 0) is 25.5 Å². The monoisotopic (exact) mass is 453 g/mol. The second-order valence-corrected chi connectivity index (χ2v) is 9.01. The molecule has 32 heavy (non-hydrogen) atoms. The molecule has 3 aromatic rings. The Morgan fingerprint density at radius 3 is 2.03 bits per heavy atom. The van der Waals surface area contributed by atoms with E-state index in [9.17, 15) is 23.1 Å². The van der Waals surface area contributed by atoms with Crippen LogP contribution in [0.4, 0.5) is 0 Å². The number of carbonyl (C=O) groups is 2. The maximum atomic E-state index is 12.8. The number of rotatable bonds is 9. The summed E-state index contributed by atoms with van der Waals surface area (Å²) in [5, 5.41) is 12.6. The van der Waals surface area contributed by atoms with Crippen LogP contribution < -0.4 is 5.32 Å². The Balaban J connectivity index is 1.93. The minimum absolute atomic E-state index is 0.100. The van der Waals surface area contributed by atoms with Crippen LogP contribution in [0.15, 0.2) is 89.8 Å². The number of nitrogens with one attached hydrogen (secondary N) is 1. The van der Waals surface area contributed by atoms with Gasteiger partial charge in [0, 0.05) is 12.0 Å². The van der Waals surface area contributed by atoms with Gasteiger partial charge in [0.25, 0.3) is 16.0 Å². The summed E-state index contributed by atoms with van der Waals surface area (Å²) in [6.07, 6.45) is -0.175. The SMILES string of the molecule is Cc1ccc(S(=O)(=O)OC[C@@](Cc2ccccc2)(NC(=O)c2ccccc2)C(=O)O)cc1. The zero-order chi connectivity index (χ0) is 23.2. The number of benzene rings is 3. The van der Waals surface area contributed by atoms with E-state index < -0.39 is 34.1 Å². The highest BCUT2D eigenvalue weighted by atomic mass is 32.2. The summed E-state index contributed by atoms with van der Waals surface area (Å²) in [4.78, 5) is 25.1. The summed E-state index contributed by atoms with van der Waals surface area (Å²) in [5.41, 5.74) is -0.318. The molecule has 0 radical (unpaired) electrons. The van der Waals surface area contributed by atoms with Gasteiger partial charge in [-0.2, -0.15) is 8.42 Å². The molecule has 7 nitrogen and oxygen atoms in total. The van der Waals surface area contributed by atoms with Crippen molar-refractivity contribution >= 4 is 22.0 Å². The van der Waals surface area contributed by atoms with E-state index in [0.717, 1.165) is 5.56 Å². The lowest BCUT2D eigenvalue weighted by Crippen LogP contribution is -2.59. The third-order valence-corrected chi connectivity index (χ3v) is 6.19. The molecule has 0 saturated carbocycles. The van der Waals surface area contributed by atoms with Gasteiger partial charge in [-0.05, 0) is 36.8 Å². The summed E-state index contributed by atoms with van der Waals surface area (Å²) in [5.74, 6) is -2.06. The van der Waals surface area contributed by atoms with E-state index in [4.69, 9.17) is 4.18 Å². The van der Waals surface area contributed by atoms with E-state index in [-0.39, 0.29) is 16.9 Å². The predicted octanol–water partition coefficient (Wildman–Crippen LogP) is 3.20. The summed E-state index contributed by atoms with van der Waals surface area (Å²) in [6, 6.07) is 22.7. The van der Waals surface area contributed by atoms with Crippen LogP contribution in [0.25, 0.3) is 0 Å². The molecule has 0 bridgehead atoms. The first kappa shape index (κ1) is 23.2. The topological polar surface area (TPSA) is 110 Å². The lowest BCUT2D eigenvalue weighted by molar-refractivity contribution is -0.145.